The van der Waals surface area contributed by atoms with Gasteiger partial charge in [0.25, 0.3) is 5.91 Å². The summed E-state index contributed by atoms with van der Waals surface area (Å²) < 4.78 is 0. The van der Waals surface area contributed by atoms with E-state index < -0.39 is 18.0 Å². The van der Waals surface area contributed by atoms with Crippen LogP contribution in [0.5, 0.6) is 0 Å². The van der Waals surface area contributed by atoms with Crippen LogP contribution in [0.3, 0.4) is 0 Å². The van der Waals surface area contributed by atoms with Gasteiger partial charge in [0.1, 0.15) is 11.9 Å². The van der Waals surface area contributed by atoms with Crippen LogP contribution in [0.25, 0.3) is 0 Å². The Hall–Kier alpha value is -3.49. The fraction of sp³-hybridized carbons (Fsp3) is 0.519. The van der Waals surface area contributed by atoms with E-state index in [0.29, 0.717) is 23.8 Å². The largest absolute Gasteiger partial charge is 0.384 e. The topological polar surface area (TPSA) is 122 Å². The molecule has 1 saturated carbocycles. The van der Waals surface area contributed by atoms with Gasteiger partial charge in [-0.05, 0) is 67.9 Å². The number of likely N-dealkylation sites (tertiary alicyclic amines) is 1. The molecule has 3 atom stereocenters. The lowest BCUT2D eigenvalue weighted by Crippen LogP contribution is -2.71. The second-order valence-corrected chi connectivity index (χ2v) is 9.96. The van der Waals surface area contributed by atoms with Gasteiger partial charge >= 0.3 is 6.03 Å². The zero-order valence-corrected chi connectivity index (χ0v) is 21.3. The number of nitrogens with one attached hydrogen (secondary N) is 1. The zero-order chi connectivity index (χ0) is 25.8. The minimum atomic E-state index is -0.909. The lowest BCUT2D eigenvalue weighted by atomic mass is 9.80. The molecule has 2 aromatic rings. The fourth-order valence-corrected chi connectivity index (χ4v) is 5.51. The van der Waals surface area contributed by atoms with Gasteiger partial charge in [0.2, 0.25) is 5.91 Å². The molecule has 0 bridgehead atoms. The predicted octanol–water partition coefficient (Wildman–Crippen LogP) is 3.47. The summed E-state index contributed by atoms with van der Waals surface area (Å²) in [6, 6.07) is 3.77. The number of amides is 4. The van der Waals surface area contributed by atoms with E-state index in [9.17, 15) is 14.4 Å². The Morgan fingerprint density at radius 3 is 2.58 bits per heavy atom. The first kappa shape index (κ1) is 25.6. The Morgan fingerprint density at radius 1 is 1.22 bits per heavy atom. The molecular weight excluding hydrogens is 456 g/mol. The molecule has 0 aromatic carbocycles. The molecule has 2 aromatic heterocycles. The second-order valence-electron chi connectivity index (χ2n) is 9.96. The number of anilines is 2. The summed E-state index contributed by atoms with van der Waals surface area (Å²) in [5.41, 5.74) is 8.26. The van der Waals surface area contributed by atoms with Gasteiger partial charge in [0.05, 0.1) is 5.92 Å². The highest BCUT2D eigenvalue weighted by molar-refractivity contribution is 6.12. The van der Waals surface area contributed by atoms with Gasteiger partial charge in [-0.1, -0.05) is 26.2 Å². The number of aryl methyl sites for hydroxylation is 1. The van der Waals surface area contributed by atoms with Crippen molar-refractivity contribution in [3.05, 3.63) is 47.9 Å². The molecule has 2 fully saturated rings. The molecule has 4 amide bonds. The minimum absolute atomic E-state index is 0.0134. The van der Waals surface area contributed by atoms with Crippen LogP contribution in [0, 0.1) is 18.8 Å². The van der Waals surface area contributed by atoms with Crippen molar-refractivity contribution in [1.29, 1.82) is 0 Å². The Morgan fingerprint density at radius 2 is 1.92 bits per heavy atom. The summed E-state index contributed by atoms with van der Waals surface area (Å²) in [6.07, 6.45) is 11.7. The summed E-state index contributed by atoms with van der Waals surface area (Å²) in [4.78, 5) is 51.2. The third kappa shape index (κ3) is 5.20. The Bertz CT molecular complexity index is 1100. The van der Waals surface area contributed by atoms with Crippen LogP contribution in [0.4, 0.5) is 16.3 Å². The summed E-state index contributed by atoms with van der Waals surface area (Å²) in [5.74, 6) is -0.570. The lowest BCUT2D eigenvalue weighted by Gasteiger charge is -2.46. The smallest absolute Gasteiger partial charge is 0.325 e. The van der Waals surface area contributed by atoms with Crippen molar-refractivity contribution in [2.24, 2.45) is 11.8 Å². The Kier molecular flexibility index (Phi) is 7.86. The van der Waals surface area contributed by atoms with E-state index in [1.165, 1.54) is 11.3 Å². The maximum atomic E-state index is 13.7. The van der Waals surface area contributed by atoms with Gasteiger partial charge in [-0.2, -0.15) is 0 Å². The van der Waals surface area contributed by atoms with Crippen LogP contribution in [0.2, 0.25) is 0 Å². The number of urea groups is 1. The van der Waals surface area contributed by atoms with Crippen LogP contribution in [0.15, 0.2) is 36.8 Å². The quantitative estimate of drug-likeness (QED) is 0.571. The second kappa shape index (κ2) is 11.1. The highest BCUT2D eigenvalue weighted by Crippen LogP contribution is 2.34. The SMILES string of the molecule is CC[C@@H](NC(=O)N1C(=O)[C@H](Cc2cc(N)ncc2C)[C@H]1C(=O)N(C)c1ccncc1)C1CCCCC1. The van der Waals surface area contributed by atoms with Crippen molar-refractivity contribution in [3.63, 3.8) is 0 Å². The van der Waals surface area contributed by atoms with E-state index in [2.05, 4.69) is 22.2 Å². The maximum Gasteiger partial charge on any atom is 0.325 e. The average molecular weight is 493 g/mol. The molecular formula is C27H36N6O3. The number of β-lactam (4-membered cyclic amide) rings is 1. The number of nitrogen functional groups attached to an aromatic ring is 1. The molecule has 9 heteroatoms. The number of hydrogen-bond donors (Lipinski definition) is 2. The van der Waals surface area contributed by atoms with Crippen molar-refractivity contribution in [3.8, 4) is 0 Å². The van der Waals surface area contributed by atoms with Crippen LogP contribution in [-0.2, 0) is 16.0 Å². The number of rotatable bonds is 7. The molecule has 0 unspecified atom stereocenters. The lowest BCUT2D eigenvalue weighted by molar-refractivity contribution is -0.156. The van der Waals surface area contributed by atoms with E-state index in [4.69, 9.17) is 5.73 Å². The minimum Gasteiger partial charge on any atom is -0.384 e. The Balaban J connectivity index is 1.58. The number of nitrogens with zero attached hydrogens (tertiary/aromatic N) is 4. The summed E-state index contributed by atoms with van der Waals surface area (Å²) in [5, 5.41) is 3.09. The molecule has 0 radical (unpaired) electrons. The van der Waals surface area contributed by atoms with Crippen molar-refractivity contribution in [2.45, 2.75) is 70.9 Å². The van der Waals surface area contributed by atoms with E-state index in [-0.39, 0.29) is 17.9 Å². The van der Waals surface area contributed by atoms with Crippen molar-refractivity contribution < 1.29 is 14.4 Å². The molecule has 9 nitrogen and oxygen atoms in total. The number of likely N-dealkylation sites (N-methyl/N-ethyl adjacent to an activating group) is 1. The van der Waals surface area contributed by atoms with E-state index >= 15 is 0 Å². The highest BCUT2D eigenvalue weighted by Gasteiger charge is 2.55. The van der Waals surface area contributed by atoms with Crippen molar-refractivity contribution in [1.82, 2.24) is 20.2 Å². The van der Waals surface area contributed by atoms with Crippen LogP contribution in [-0.4, -0.2) is 51.8 Å². The zero-order valence-electron chi connectivity index (χ0n) is 21.3. The van der Waals surface area contributed by atoms with Gasteiger partial charge < -0.3 is 16.0 Å². The summed E-state index contributed by atoms with van der Waals surface area (Å²) in [7, 11) is 1.65. The first-order valence-electron chi connectivity index (χ1n) is 12.8. The molecule has 1 aliphatic heterocycles. The number of imide groups is 1. The molecule has 0 spiro atoms. The van der Waals surface area contributed by atoms with Crippen LogP contribution in [0.1, 0.15) is 56.6 Å². The molecule has 36 heavy (non-hydrogen) atoms. The fourth-order valence-electron chi connectivity index (χ4n) is 5.51. The van der Waals surface area contributed by atoms with E-state index in [1.54, 1.807) is 43.8 Å². The molecule has 1 saturated heterocycles. The predicted molar refractivity (Wildman–Crippen MR) is 138 cm³/mol. The normalized spacial score (nSPS) is 21.0. The third-order valence-electron chi connectivity index (χ3n) is 7.71. The molecule has 1 aliphatic carbocycles. The van der Waals surface area contributed by atoms with E-state index in [1.807, 2.05) is 6.92 Å². The maximum absolute atomic E-state index is 13.7. The van der Waals surface area contributed by atoms with Gasteiger partial charge in [-0.3, -0.25) is 19.5 Å². The van der Waals surface area contributed by atoms with Gasteiger partial charge in [-0.25, -0.2) is 9.78 Å². The number of pyridine rings is 2. The number of aromatic nitrogens is 2. The molecule has 192 valence electrons. The number of hydrogen-bond acceptors (Lipinski definition) is 6. The van der Waals surface area contributed by atoms with Gasteiger partial charge in [0, 0.05) is 37.4 Å². The molecule has 3 N–H and O–H groups in total. The first-order chi connectivity index (χ1) is 17.3. The number of carbonyl (C=O) groups excluding carboxylic acids is 3. The average Bonchev–Trinajstić information content (AvgIpc) is 2.90. The van der Waals surface area contributed by atoms with Gasteiger partial charge in [-0.15, -0.1) is 0 Å². The van der Waals surface area contributed by atoms with E-state index in [0.717, 1.165) is 48.1 Å². The summed E-state index contributed by atoms with van der Waals surface area (Å²) >= 11 is 0. The van der Waals surface area contributed by atoms with Crippen molar-refractivity contribution >= 4 is 29.4 Å². The molecule has 2 aliphatic rings. The summed E-state index contributed by atoms with van der Waals surface area (Å²) in [6.45, 7) is 3.95. The number of nitrogens with two attached hydrogens (primary N) is 1. The molecule has 4 rings (SSSR count). The van der Waals surface area contributed by atoms with Gasteiger partial charge in [0.15, 0.2) is 0 Å². The monoisotopic (exact) mass is 492 g/mol. The van der Waals surface area contributed by atoms with Crippen molar-refractivity contribution in [2.75, 3.05) is 17.7 Å². The molecule has 3 heterocycles. The highest BCUT2D eigenvalue weighted by atomic mass is 16.2. The number of carbonyl (C=O) groups is 3. The third-order valence-corrected chi connectivity index (χ3v) is 7.71. The first-order valence-corrected chi connectivity index (χ1v) is 12.8. The Labute approximate surface area is 212 Å². The van der Waals surface area contributed by atoms with Crippen LogP contribution >= 0.6 is 0 Å². The standard InChI is InChI=1S/C27H36N6O3/c1-4-22(18-8-6-5-7-9-18)31-27(36)33-24(26(35)32(3)20-10-12-29-13-11-20)21(25(33)34)14-19-15-23(28)30-16-17(19)2/h10-13,15-16,18,21-22,24H,4-9,14H2,1-3H3,(H2,28,30)(H,31,36)/t21-,22-,24+/m1/s1. The van der Waals surface area contributed by atoms with Crippen LogP contribution < -0.4 is 16.0 Å².